The lowest BCUT2D eigenvalue weighted by atomic mass is 10.1. The van der Waals surface area contributed by atoms with E-state index in [1.807, 2.05) is 45.0 Å². The molecule has 1 aromatic heterocycles. The highest BCUT2D eigenvalue weighted by atomic mass is 16.6. The van der Waals surface area contributed by atoms with E-state index in [0.29, 0.717) is 12.2 Å². The maximum absolute atomic E-state index is 11.9. The van der Waals surface area contributed by atoms with Crippen molar-refractivity contribution in [1.29, 1.82) is 0 Å². The summed E-state index contributed by atoms with van der Waals surface area (Å²) in [7, 11) is 1.76. The summed E-state index contributed by atoms with van der Waals surface area (Å²) in [4.78, 5) is 16.2. The Bertz CT molecular complexity index is 913. The van der Waals surface area contributed by atoms with Gasteiger partial charge in [-0.2, -0.15) is 0 Å². The molecule has 9 heteroatoms. The SMILES string of the molecule is CN=C(NCCc1ccc(NC(=O)OC(C)(C)C)cc1)NCc1nnc2n1CCCCC2. The third kappa shape index (κ3) is 7.25. The number of rotatable bonds is 6. The van der Waals surface area contributed by atoms with E-state index in [1.165, 1.54) is 19.3 Å². The van der Waals surface area contributed by atoms with Crippen molar-refractivity contribution >= 4 is 17.7 Å². The summed E-state index contributed by atoms with van der Waals surface area (Å²) in [6.45, 7) is 7.84. The van der Waals surface area contributed by atoms with Crippen molar-refractivity contribution < 1.29 is 9.53 Å². The summed E-state index contributed by atoms with van der Waals surface area (Å²) in [5.74, 6) is 2.78. The second-order valence-corrected chi connectivity index (χ2v) is 8.92. The third-order valence-electron chi connectivity index (χ3n) is 5.13. The van der Waals surface area contributed by atoms with E-state index in [-0.39, 0.29) is 0 Å². The maximum atomic E-state index is 11.9. The topological polar surface area (TPSA) is 105 Å². The number of anilines is 1. The first-order valence-corrected chi connectivity index (χ1v) is 11.3. The molecule has 0 atom stereocenters. The van der Waals surface area contributed by atoms with Crippen molar-refractivity contribution in [3.05, 3.63) is 41.5 Å². The Morgan fingerprint density at radius 3 is 2.62 bits per heavy atom. The Morgan fingerprint density at radius 1 is 1.12 bits per heavy atom. The summed E-state index contributed by atoms with van der Waals surface area (Å²) in [6, 6.07) is 7.75. The Labute approximate surface area is 190 Å². The van der Waals surface area contributed by atoms with Gasteiger partial charge in [0.25, 0.3) is 0 Å². The van der Waals surface area contributed by atoms with Crippen LogP contribution in [-0.4, -0.2) is 46.0 Å². The van der Waals surface area contributed by atoms with Crippen LogP contribution >= 0.6 is 0 Å². The molecule has 0 saturated carbocycles. The summed E-state index contributed by atoms with van der Waals surface area (Å²) in [6.07, 6.45) is 4.99. The zero-order chi connectivity index (χ0) is 23.0. The van der Waals surface area contributed by atoms with Crippen LogP contribution in [0, 0.1) is 0 Å². The lowest BCUT2D eigenvalue weighted by Gasteiger charge is -2.19. The van der Waals surface area contributed by atoms with Gasteiger partial charge >= 0.3 is 6.09 Å². The molecule has 1 amide bonds. The van der Waals surface area contributed by atoms with Gasteiger partial charge < -0.3 is 19.9 Å². The number of benzene rings is 1. The molecule has 9 nitrogen and oxygen atoms in total. The van der Waals surface area contributed by atoms with E-state index >= 15 is 0 Å². The summed E-state index contributed by atoms with van der Waals surface area (Å²) in [5, 5.41) is 18.1. The van der Waals surface area contributed by atoms with Crippen molar-refractivity contribution in [2.24, 2.45) is 4.99 Å². The fraction of sp³-hybridized carbons (Fsp3) is 0.565. The highest BCUT2D eigenvalue weighted by Crippen LogP contribution is 2.15. The van der Waals surface area contributed by atoms with Gasteiger partial charge in [0, 0.05) is 32.2 Å². The maximum Gasteiger partial charge on any atom is 0.412 e. The normalized spacial score (nSPS) is 14.3. The van der Waals surface area contributed by atoms with Crippen LogP contribution in [-0.2, 0) is 30.7 Å². The highest BCUT2D eigenvalue weighted by Gasteiger charge is 2.16. The molecule has 174 valence electrons. The van der Waals surface area contributed by atoms with Crippen LogP contribution in [0.4, 0.5) is 10.5 Å². The number of carbonyl (C=O) groups is 1. The molecular formula is C23H35N7O2. The van der Waals surface area contributed by atoms with Crippen molar-refractivity contribution in [2.45, 2.75) is 71.6 Å². The monoisotopic (exact) mass is 441 g/mol. The van der Waals surface area contributed by atoms with E-state index in [1.54, 1.807) is 7.05 Å². The molecular weight excluding hydrogens is 406 g/mol. The van der Waals surface area contributed by atoms with Gasteiger partial charge in [-0.3, -0.25) is 10.3 Å². The Morgan fingerprint density at radius 2 is 1.91 bits per heavy atom. The number of aryl methyl sites for hydroxylation is 1. The predicted molar refractivity (Wildman–Crippen MR) is 126 cm³/mol. The molecule has 32 heavy (non-hydrogen) atoms. The standard InChI is InChI=1S/C23H35N7O2/c1-23(2,3)32-22(31)27-18-11-9-17(10-12-18)13-14-25-21(24-4)26-16-20-29-28-19-8-6-5-7-15-30(19)20/h9-12H,5-8,13-16H2,1-4H3,(H,27,31)(H2,24,25,26). The van der Waals surface area contributed by atoms with Crippen LogP contribution in [0.1, 0.15) is 57.2 Å². The molecule has 0 aliphatic carbocycles. The smallest absolute Gasteiger partial charge is 0.412 e. The zero-order valence-electron chi connectivity index (χ0n) is 19.6. The summed E-state index contributed by atoms with van der Waals surface area (Å²) >= 11 is 0. The first-order valence-electron chi connectivity index (χ1n) is 11.3. The largest absolute Gasteiger partial charge is 0.444 e. The number of carbonyl (C=O) groups excluding carboxylic acids is 1. The van der Waals surface area contributed by atoms with Crippen LogP contribution in [0.5, 0.6) is 0 Å². The lowest BCUT2D eigenvalue weighted by Crippen LogP contribution is -2.38. The number of aromatic nitrogens is 3. The van der Waals surface area contributed by atoms with Gasteiger partial charge in [0.1, 0.15) is 11.4 Å². The first kappa shape index (κ1) is 23.6. The van der Waals surface area contributed by atoms with Gasteiger partial charge in [0.2, 0.25) is 0 Å². The van der Waals surface area contributed by atoms with Crippen LogP contribution in [0.2, 0.25) is 0 Å². The van der Waals surface area contributed by atoms with Gasteiger partial charge in [-0.15, -0.1) is 10.2 Å². The van der Waals surface area contributed by atoms with Gasteiger partial charge in [0.15, 0.2) is 11.8 Å². The number of fused-ring (bicyclic) bond motifs is 1. The van der Waals surface area contributed by atoms with Crippen molar-refractivity contribution in [3.63, 3.8) is 0 Å². The summed E-state index contributed by atoms with van der Waals surface area (Å²) in [5.41, 5.74) is 1.35. The Hall–Kier alpha value is -3.10. The van der Waals surface area contributed by atoms with Gasteiger partial charge in [-0.25, -0.2) is 4.79 Å². The lowest BCUT2D eigenvalue weighted by molar-refractivity contribution is 0.0636. The van der Waals surface area contributed by atoms with Gasteiger partial charge in [0.05, 0.1) is 6.54 Å². The third-order valence-corrected chi connectivity index (χ3v) is 5.13. The molecule has 1 aliphatic heterocycles. The number of hydrogen-bond donors (Lipinski definition) is 3. The fourth-order valence-corrected chi connectivity index (χ4v) is 3.56. The minimum atomic E-state index is -0.519. The molecule has 3 rings (SSSR count). The number of ether oxygens (including phenoxy) is 1. The molecule has 1 aliphatic rings. The van der Waals surface area contributed by atoms with E-state index < -0.39 is 11.7 Å². The number of nitrogens with one attached hydrogen (secondary N) is 3. The zero-order valence-corrected chi connectivity index (χ0v) is 19.6. The highest BCUT2D eigenvalue weighted by molar-refractivity contribution is 5.84. The van der Waals surface area contributed by atoms with Gasteiger partial charge in [-0.1, -0.05) is 18.6 Å². The summed E-state index contributed by atoms with van der Waals surface area (Å²) < 4.78 is 7.51. The fourth-order valence-electron chi connectivity index (χ4n) is 3.56. The molecule has 0 bridgehead atoms. The average Bonchev–Trinajstić information content (AvgIpc) is 2.96. The quantitative estimate of drug-likeness (QED) is 0.469. The van der Waals surface area contributed by atoms with E-state index in [2.05, 4.69) is 35.7 Å². The second kappa shape index (κ2) is 11.0. The Kier molecular flexibility index (Phi) is 8.08. The molecule has 2 aromatic rings. The molecule has 2 heterocycles. The van der Waals surface area contributed by atoms with Crippen LogP contribution in [0.15, 0.2) is 29.3 Å². The van der Waals surface area contributed by atoms with E-state index in [9.17, 15) is 4.79 Å². The van der Waals surface area contributed by atoms with Crippen molar-refractivity contribution in [1.82, 2.24) is 25.4 Å². The number of nitrogens with zero attached hydrogens (tertiary/aromatic N) is 4. The molecule has 3 N–H and O–H groups in total. The van der Waals surface area contributed by atoms with Crippen LogP contribution in [0.3, 0.4) is 0 Å². The van der Waals surface area contributed by atoms with Crippen molar-refractivity contribution in [2.75, 3.05) is 18.9 Å². The molecule has 0 unspecified atom stereocenters. The Balaban J connectivity index is 1.42. The molecule has 1 aromatic carbocycles. The number of aliphatic imine (C=N–C) groups is 1. The second-order valence-electron chi connectivity index (χ2n) is 8.92. The number of guanidine groups is 1. The number of amides is 1. The average molecular weight is 442 g/mol. The van der Waals surface area contributed by atoms with E-state index in [0.717, 1.165) is 49.1 Å². The van der Waals surface area contributed by atoms with Crippen LogP contribution < -0.4 is 16.0 Å². The van der Waals surface area contributed by atoms with Gasteiger partial charge in [-0.05, 0) is 57.7 Å². The van der Waals surface area contributed by atoms with Crippen LogP contribution in [0.25, 0.3) is 0 Å². The minimum Gasteiger partial charge on any atom is -0.444 e. The van der Waals surface area contributed by atoms with Crippen molar-refractivity contribution in [3.8, 4) is 0 Å². The number of hydrogen-bond acceptors (Lipinski definition) is 5. The molecule has 0 spiro atoms. The minimum absolute atomic E-state index is 0.452. The molecule has 0 radical (unpaired) electrons. The van der Waals surface area contributed by atoms with E-state index in [4.69, 9.17) is 4.74 Å². The first-order chi connectivity index (χ1) is 15.3. The predicted octanol–water partition coefficient (Wildman–Crippen LogP) is 3.26. The molecule has 0 fully saturated rings. The molecule has 0 saturated heterocycles.